The molecule has 0 aliphatic carbocycles. The molecule has 150 valence electrons. The van der Waals surface area contributed by atoms with E-state index in [2.05, 4.69) is 37.3 Å². The maximum atomic E-state index is 11.3. The topological polar surface area (TPSA) is 46.5 Å². The van der Waals surface area contributed by atoms with Crippen LogP contribution in [0.5, 0.6) is 0 Å². The van der Waals surface area contributed by atoms with E-state index in [1.165, 1.54) is 37.3 Å². The molecule has 0 spiro atoms. The lowest BCUT2D eigenvalue weighted by Gasteiger charge is -2.12. The third-order valence-electron chi connectivity index (χ3n) is 4.53. The Morgan fingerprint density at radius 3 is 2.59 bits per heavy atom. The fraction of sp³-hybridized carbons (Fsp3) is 0.542. The van der Waals surface area contributed by atoms with Crippen LogP contribution in [0.1, 0.15) is 76.3 Å². The molecule has 0 saturated carbocycles. The van der Waals surface area contributed by atoms with Crippen molar-refractivity contribution in [2.45, 2.75) is 77.7 Å². The lowest BCUT2D eigenvalue weighted by Crippen LogP contribution is -2.13. The molecule has 0 aliphatic heterocycles. The van der Waals surface area contributed by atoms with Crippen molar-refractivity contribution >= 4 is 12.0 Å². The van der Waals surface area contributed by atoms with Gasteiger partial charge in [0.05, 0.1) is 0 Å². The highest BCUT2D eigenvalue weighted by Crippen LogP contribution is 2.15. The van der Waals surface area contributed by atoms with Crippen molar-refractivity contribution in [3.8, 4) is 0 Å². The molecule has 0 radical (unpaired) electrons. The fourth-order valence-corrected chi connectivity index (χ4v) is 3.06. The zero-order chi connectivity index (χ0) is 19.7. The largest absolute Gasteiger partial charge is 0.458 e. The van der Waals surface area contributed by atoms with E-state index in [1.54, 1.807) is 0 Å². The van der Waals surface area contributed by atoms with Crippen LogP contribution >= 0.6 is 0 Å². The van der Waals surface area contributed by atoms with Gasteiger partial charge in [-0.25, -0.2) is 0 Å². The molecule has 3 heteroatoms. The van der Waals surface area contributed by atoms with E-state index in [0.29, 0.717) is 0 Å². The molecule has 1 rings (SSSR count). The summed E-state index contributed by atoms with van der Waals surface area (Å²) < 4.78 is 5.40. The summed E-state index contributed by atoms with van der Waals surface area (Å²) >= 11 is 0. The molecule has 1 N–H and O–H groups in total. The van der Waals surface area contributed by atoms with Crippen LogP contribution < -0.4 is 0 Å². The zero-order valence-corrected chi connectivity index (χ0v) is 17.0. The minimum atomic E-state index is -0.225. The summed E-state index contributed by atoms with van der Waals surface area (Å²) in [4.78, 5) is 11.3. The minimum absolute atomic E-state index is 0.141. The van der Waals surface area contributed by atoms with Crippen molar-refractivity contribution in [1.29, 1.82) is 0 Å². The van der Waals surface area contributed by atoms with Crippen LogP contribution in [-0.2, 0) is 16.0 Å². The summed E-state index contributed by atoms with van der Waals surface area (Å²) in [5.74, 6) is -0.225. The van der Waals surface area contributed by atoms with Gasteiger partial charge in [-0.1, -0.05) is 75.1 Å². The zero-order valence-electron chi connectivity index (χ0n) is 17.0. The third-order valence-corrected chi connectivity index (χ3v) is 4.53. The van der Waals surface area contributed by atoms with E-state index < -0.39 is 0 Å². The molecule has 1 unspecified atom stereocenters. The first-order chi connectivity index (χ1) is 13.2. The van der Waals surface area contributed by atoms with Gasteiger partial charge < -0.3 is 9.84 Å². The van der Waals surface area contributed by atoms with Gasteiger partial charge >= 0.3 is 5.97 Å². The van der Waals surface area contributed by atoms with Gasteiger partial charge in [0.2, 0.25) is 0 Å². The van der Waals surface area contributed by atoms with Gasteiger partial charge in [-0.2, -0.15) is 0 Å². The molecule has 1 aromatic carbocycles. The maximum absolute atomic E-state index is 11.3. The molecule has 0 aromatic heterocycles. The summed E-state index contributed by atoms with van der Waals surface area (Å²) in [6.45, 7) is 3.93. The lowest BCUT2D eigenvalue weighted by atomic mass is 10.0. The Bertz CT molecular complexity index is 575. The fourth-order valence-electron chi connectivity index (χ4n) is 3.06. The second-order valence-electron chi connectivity index (χ2n) is 6.97. The quantitative estimate of drug-likeness (QED) is 0.253. The number of rotatable bonds is 14. The molecule has 0 fully saturated rings. The molecular formula is C24H36O3. The van der Waals surface area contributed by atoms with E-state index in [-0.39, 0.29) is 18.7 Å². The van der Waals surface area contributed by atoms with Crippen molar-refractivity contribution in [2.24, 2.45) is 0 Å². The average molecular weight is 373 g/mol. The SMILES string of the molecule is CCCCCCC(C=CC=Cc1ccccc1CCCCCO)OC(C)=O. The van der Waals surface area contributed by atoms with Gasteiger partial charge in [0.15, 0.2) is 0 Å². The monoisotopic (exact) mass is 372 g/mol. The first-order valence-electron chi connectivity index (χ1n) is 10.4. The number of unbranched alkanes of at least 4 members (excludes halogenated alkanes) is 5. The Hall–Kier alpha value is -1.87. The molecule has 1 aromatic rings. The Balaban J connectivity index is 2.59. The first-order valence-corrected chi connectivity index (χ1v) is 10.4. The van der Waals surface area contributed by atoms with Gasteiger partial charge in [0, 0.05) is 13.5 Å². The Morgan fingerprint density at radius 1 is 1.07 bits per heavy atom. The number of esters is 1. The molecule has 0 bridgehead atoms. The van der Waals surface area contributed by atoms with Crippen molar-refractivity contribution < 1.29 is 14.6 Å². The van der Waals surface area contributed by atoms with E-state index in [9.17, 15) is 4.79 Å². The molecule has 0 heterocycles. The predicted octanol–water partition coefficient (Wildman–Crippen LogP) is 5.86. The highest BCUT2D eigenvalue weighted by Gasteiger charge is 2.07. The van der Waals surface area contributed by atoms with Crippen LogP contribution in [0.4, 0.5) is 0 Å². The normalized spacial score (nSPS) is 12.7. The van der Waals surface area contributed by atoms with Crippen LogP contribution in [-0.4, -0.2) is 23.8 Å². The smallest absolute Gasteiger partial charge is 0.303 e. The van der Waals surface area contributed by atoms with Crippen LogP contribution in [0.15, 0.2) is 42.5 Å². The summed E-state index contributed by atoms with van der Waals surface area (Å²) in [5.41, 5.74) is 2.55. The highest BCUT2D eigenvalue weighted by molar-refractivity contribution is 5.66. The number of allylic oxidation sites excluding steroid dienone is 2. The Morgan fingerprint density at radius 2 is 1.85 bits per heavy atom. The average Bonchev–Trinajstić information content (AvgIpc) is 2.66. The molecule has 1 atom stereocenters. The standard InChI is InChI=1S/C24H36O3/c1-3-4-5-8-18-24(27-21(2)26)19-12-11-17-23-16-10-9-15-22(23)14-7-6-13-20-25/h9-12,15-17,19,24-25H,3-8,13-14,18,20H2,1-2H3. The molecular weight excluding hydrogens is 336 g/mol. The summed E-state index contributed by atoms with van der Waals surface area (Å²) in [6.07, 6.45) is 17.6. The van der Waals surface area contributed by atoms with E-state index in [1.807, 2.05) is 18.2 Å². The highest BCUT2D eigenvalue weighted by atomic mass is 16.5. The number of carbonyl (C=O) groups excluding carboxylic acids is 1. The molecule has 0 saturated heterocycles. The van der Waals surface area contributed by atoms with Gasteiger partial charge in [0.1, 0.15) is 6.10 Å². The molecule has 0 aliphatic rings. The van der Waals surface area contributed by atoms with Gasteiger partial charge in [0.25, 0.3) is 0 Å². The van der Waals surface area contributed by atoms with Crippen molar-refractivity contribution in [1.82, 2.24) is 0 Å². The number of hydrogen-bond acceptors (Lipinski definition) is 3. The molecule has 3 nitrogen and oxygen atoms in total. The number of aliphatic hydroxyl groups excluding tert-OH is 1. The predicted molar refractivity (Wildman–Crippen MR) is 114 cm³/mol. The van der Waals surface area contributed by atoms with Gasteiger partial charge in [-0.05, 0) is 49.3 Å². The number of carbonyl (C=O) groups is 1. The second kappa shape index (κ2) is 15.2. The second-order valence-corrected chi connectivity index (χ2v) is 6.97. The number of aliphatic hydroxyl groups is 1. The molecule has 0 amide bonds. The van der Waals surface area contributed by atoms with Crippen LogP contribution in [0.2, 0.25) is 0 Å². The Labute approximate surface area is 165 Å². The minimum Gasteiger partial charge on any atom is -0.458 e. The van der Waals surface area contributed by atoms with E-state index in [4.69, 9.17) is 9.84 Å². The first kappa shape index (κ1) is 23.2. The summed E-state index contributed by atoms with van der Waals surface area (Å²) in [5, 5.41) is 8.89. The van der Waals surface area contributed by atoms with Crippen molar-refractivity contribution in [3.63, 3.8) is 0 Å². The lowest BCUT2D eigenvalue weighted by molar-refractivity contribution is -0.144. The van der Waals surface area contributed by atoms with Gasteiger partial charge in [-0.15, -0.1) is 0 Å². The van der Waals surface area contributed by atoms with Crippen LogP contribution in [0.25, 0.3) is 6.08 Å². The van der Waals surface area contributed by atoms with Crippen LogP contribution in [0.3, 0.4) is 0 Å². The number of ether oxygens (including phenoxy) is 1. The summed E-state index contributed by atoms with van der Waals surface area (Å²) in [6, 6.07) is 8.41. The molecule has 27 heavy (non-hydrogen) atoms. The maximum Gasteiger partial charge on any atom is 0.303 e. The number of hydrogen-bond donors (Lipinski definition) is 1. The van der Waals surface area contributed by atoms with Crippen molar-refractivity contribution in [3.05, 3.63) is 53.6 Å². The van der Waals surface area contributed by atoms with Gasteiger partial charge in [-0.3, -0.25) is 4.79 Å². The third kappa shape index (κ3) is 11.4. The number of aryl methyl sites for hydroxylation is 1. The van der Waals surface area contributed by atoms with Crippen molar-refractivity contribution in [2.75, 3.05) is 6.61 Å². The Kier molecular flexibility index (Phi) is 13.1. The number of benzene rings is 1. The van der Waals surface area contributed by atoms with E-state index in [0.717, 1.165) is 38.5 Å². The van der Waals surface area contributed by atoms with Crippen LogP contribution in [0, 0.1) is 0 Å². The summed E-state index contributed by atoms with van der Waals surface area (Å²) in [7, 11) is 0. The van der Waals surface area contributed by atoms with E-state index >= 15 is 0 Å².